The maximum absolute atomic E-state index is 13.6. The first-order valence-electron chi connectivity index (χ1n) is 13.8. The molecule has 0 spiro atoms. The molecule has 39 heavy (non-hydrogen) atoms. The van der Waals surface area contributed by atoms with E-state index < -0.39 is 23.9 Å². The number of aromatic nitrogens is 1. The van der Waals surface area contributed by atoms with Crippen molar-refractivity contribution in [3.63, 3.8) is 0 Å². The van der Waals surface area contributed by atoms with Crippen LogP contribution in [0.4, 0.5) is 5.00 Å². The summed E-state index contributed by atoms with van der Waals surface area (Å²) in [5.41, 5.74) is 4.38. The van der Waals surface area contributed by atoms with E-state index in [2.05, 4.69) is 10.2 Å². The van der Waals surface area contributed by atoms with Crippen LogP contribution in [0.25, 0.3) is 10.9 Å². The van der Waals surface area contributed by atoms with Gasteiger partial charge in [-0.1, -0.05) is 31.0 Å². The Kier molecular flexibility index (Phi) is 8.28. The van der Waals surface area contributed by atoms with Crippen molar-refractivity contribution in [1.82, 2.24) is 9.88 Å². The molecule has 206 valence electrons. The van der Waals surface area contributed by atoms with Gasteiger partial charge in [0.2, 0.25) is 0 Å². The highest BCUT2D eigenvalue weighted by molar-refractivity contribution is 7.17. The van der Waals surface area contributed by atoms with Crippen molar-refractivity contribution in [2.24, 2.45) is 0 Å². The van der Waals surface area contributed by atoms with Gasteiger partial charge in [-0.05, 0) is 58.2 Å². The number of thiophene rings is 1. The number of benzene rings is 1. The van der Waals surface area contributed by atoms with Crippen molar-refractivity contribution >= 4 is 45.1 Å². The van der Waals surface area contributed by atoms with Crippen molar-refractivity contribution in [2.75, 3.05) is 25.5 Å². The lowest BCUT2D eigenvalue weighted by Gasteiger charge is -2.27. The molecular weight excluding hydrogens is 514 g/mol. The van der Waals surface area contributed by atoms with E-state index in [4.69, 9.17) is 14.5 Å². The van der Waals surface area contributed by atoms with Crippen LogP contribution in [0.15, 0.2) is 24.3 Å². The van der Waals surface area contributed by atoms with Crippen molar-refractivity contribution in [3.8, 4) is 0 Å². The van der Waals surface area contributed by atoms with Crippen LogP contribution in [0.3, 0.4) is 0 Å². The Hall–Kier alpha value is -3.30. The topological polar surface area (TPSA) is 97.8 Å². The van der Waals surface area contributed by atoms with Crippen LogP contribution in [0.5, 0.6) is 0 Å². The monoisotopic (exact) mass is 549 g/mol. The van der Waals surface area contributed by atoms with Gasteiger partial charge >= 0.3 is 11.9 Å². The molecule has 2 aromatic heterocycles. The zero-order chi connectivity index (χ0) is 27.5. The fraction of sp³-hybridized carbons (Fsp3) is 0.467. The lowest BCUT2D eigenvalue weighted by molar-refractivity contribution is -0.123. The summed E-state index contributed by atoms with van der Waals surface area (Å²) in [6.45, 7) is 5.03. The van der Waals surface area contributed by atoms with E-state index in [0.29, 0.717) is 28.1 Å². The SMILES string of the molecule is CCOC(=O)c1c(NC(=O)C(C)OC(=O)c2c3c(nc4ccccc24)CCN(C)C3)sc2c1CCCCCC2. The standard InChI is InChI=1S/C30H35N3O5S/c1-4-37-29(35)26-20-12-7-5-6-8-14-24(20)39-28(26)32-27(34)18(2)38-30(36)25-19-11-9-10-13-22(19)31-23-15-16-33(3)17-21(23)25/h9-11,13,18H,4-8,12,14-17H2,1-3H3,(H,32,34). The van der Waals surface area contributed by atoms with Gasteiger partial charge < -0.3 is 19.7 Å². The molecule has 1 amide bonds. The van der Waals surface area contributed by atoms with Gasteiger partial charge in [0.15, 0.2) is 6.10 Å². The van der Waals surface area contributed by atoms with Crippen LogP contribution in [0.2, 0.25) is 0 Å². The van der Waals surface area contributed by atoms with Gasteiger partial charge in [0.1, 0.15) is 5.00 Å². The zero-order valence-electron chi connectivity index (χ0n) is 22.8. The number of hydrogen-bond donors (Lipinski definition) is 1. The van der Waals surface area contributed by atoms with Gasteiger partial charge in [-0.3, -0.25) is 9.78 Å². The molecule has 8 nitrogen and oxygen atoms in total. The molecule has 0 radical (unpaired) electrons. The first-order valence-corrected chi connectivity index (χ1v) is 14.6. The van der Waals surface area contributed by atoms with Crippen molar-refractivity contribution in [3.05, 3.63) is 57.1 Å². The Balaban J connectivity index is 1.40. The van der Waals surface area contributed by atoms with E-state index in [1.54, 1.807) is 13.8 Å². The third kappa shape index (κ3) is 5.70. The summed E-state index contributed by atoms with van der Waals surface area (Å²) >= 11 is 1.43. The molecule has 9 heteroatoms. The maximum atomic E-state index is 13.6. The zero-order valence-corrected chi connectivity index (χ0v) is 23.6. The molecule has 0 saturated heterocycles. The van der Waals surface area contributed by atoms with E-state index in [9.17, 15) is 14.4 Å². The summed E-state index contributed by atoms with van der Waals surface area (Å²) in [7, 11) is 2.01. The number of para-hydroxylation sites is 1. The number of carbonyl (C=O) groups excluding carboxylic acids is 3. The second kappa shape index (κ2) is 11.8. The van der Waals surface area contributed by atoms with Gasteiger partial charge in [0, 0.05) is 41.0 Å². The highest BCUT2D eigenvalue weighted by atomic mass is 32.1. The number of hydrogen-bond acceptors (Lipinski definition) is 8. The summed E-state index contributed by atoms with van der Waals surface area (Å²) < 4.78 is 11.1. The Morgan fingerprint density at radius 2 is 1.79 bits per heavy atom. The number of pyridine rings is 1. The first-order chi connectivity index (χ1) is 18.9. The number of aryl methyl sites for hydroxylation is 1. The number of anilines is 1. The number of rotatable bonds is 6. The lowest BCUT2D eigenvalue weighted by Crippen LogP contribution is -2.32. The number of likely N-dealkylation sites (N-methyl/N-ethyl adjacent to an activating group) is 1. The van der Waals surface area contributed by atoms with Crippen LogP contribution in [0, 0.1) is 0 Å². The number of fused-ring (bicyclic) bond motifs is 3. The smallest absolute Gasteiger partial charge is 0.341 e. The molecule has 3 heterocycles. The van der Waals surface area contributed by atoms with Gasteiger partial charge in [-0.2, -0.15) is 0 Å². The minimum atomic E-state index is -1.07. The fourth-order valence-electron chi connectivity index (χ4n) is 5.47. The van der Waals surface area contributed by atoms with E-state index >= 15 is 0 Å². The van der Waals surface area contributed by atoms with E-state index in [-0.39, 0.29) is 6.61 Å². The molecule has 5 rings (SSSR count). The molecule has 1 aliphatic carbocycles. The van der Waals surface area contributed by atoms with Crippen molar-refractivity contribution in [1.29, 1.82) is 0 Å². The van der Waals surface area contributed by atoms with Gasteiger partial charge in [0.25, 0.3) is 5.91 Å². The second-order valence-electron chi connectivity index (χ2n) is 10.3. The van der Waals surface area contributed by atoms with Crippen LogP contribution in [-0.4, -0.2) is 54.0 Å². The van der Waals surface area contributed by atoms with Crippen molar-refractivity contribution < 1.29 is 23.9 Å². The maximum Gasteiger partial charge on any atom is 0.341 e. The van der Waals surface area contributed by atoms with Crippen LogP contribution in [-0.2, 0) is 40.1 Å². The minimum absolute atomic E-state index is 0.254. The first kappa shape index (κ1) is 27.3. The number of nitrogens with zero attached hydrogens (tertiary/aromatic N) is 2. The average molecular weight is 550 g/mol. The normalized spacial score (nSPS) is 16.4. The summed E-state index contributed by atoms with van der Waals surface area (Å²) in [5, 5.41) is 4.08. The van der Waals surface area contributed by atoms with Crippen LogP contribution < -0.4 is 5.32 Å². The van der Waals surface area contributed by atoms with Gasteiger partial charge in [-0.15, -0.1) is 11.3 Å². The van der Waals surface area contributed by atoms with Crippen molar-refractivity contribution in [2.45, 2.75) is 71.4 Å². The highest BCUT2D eigenvalue weighted by Crippen LogP contribution is 2.38. The largest absolute Gasteiger partial charge is 0.462 e. The van der Waals surface area contributed by atoms with E-state index in [1.807, 2.05) is 31.3 Å². The third-order valence-electron chi connectivity index (χ3n) is 7.48. The predicted molar refractivity (Wildman–Crippen MR) is 151 cm³/mol. The Morgan fingerprint density at radius 1 is 1.03 bits per heavy atom. The number of esters is 2. The Bertz CT molecular complexity index is 1420. The number of carbonyl (C=O) groups is 3. The fourth-order valence-corrected chi connectivity index (χ4v) is 6.75. The van der Waals surface area contributed by atoms with Crippen LogP contribution >= 0.6 is 11.3 Å². The lowest BCUT2D eigenvalue weighted by atomic mass is 9.96. The van der Waals surface area contributed by atoms with E-state index in [0.717, 1.165) is 78.7 Å². The summed E-state index contributed by atoms with van der Waals surface area (Å²) in [5.74, 6) is -1.45. The summed E-state index contributed by atoms with van der Waals surface area (Å²) in [6, 6.07) is 7.52. The molecule has 3 aromatic rings. The van der Waals surface area contributed by atoms with Gasteiger partial charge in [-0.25, -0.2) is 9.59 Å². The molecule has 1 atom stereocenters. The quantitative estimate of drug-likeness (QED) is 0.417. The Labute approximate surface area is 232 Å². The average Bonchev–Trinajstić information content (AvgIpc) is 3.22. The molecule has 1 N–H and O–H groups in total. The Morgan fingerprint density at radius 3 is 2.59 bits per heavy atom. The van der Waals surface area contributed by atoms with Gasteiger partial charge in [0.05, 0.1) is 23.3 Å². The second-order valence-corrected chi connectivity index (χ2v) is 11.4. The minimum Gasteiger partial charge on any atom is -0.462 e. The third-order valence-corrected chi connectivity index (χ3v) is 8.69. The summed E-state index contributed by atoms with van der Waals surface area (Å²) in [4.78, 5) is 47.9. The molecule has 1 aromatic carbocycles. The predicted octanol–water partition coefficient (Wildman–Crippen LogP) is 5.30. The summed E-state index contributed by atoms with van der Waals surface area (Å²) in [6.07, 6.45) is 5.66. The highest BCUT2D eigenvalue weighted by Gasteiger charge is 2.30. The molecule has 1 unspecified atom stereocenters. The number of nitrogens with one attached hydrogen (secondary N) is 1. The molecule has 0 saturated carbocycles. The van der Waals surface area contributed by atoms with Crippen LogP contribution in [0.1, 0.15) is 81.9 Å². The molecule has 0 bridgehead atoms. The number of ether oxygens (including phenoxy) is 2. The molecule has 2 aliphatic rings. The molecular formula is C30H35N3O5S. The molecule has 1 aliphatic heterocycles. The van der Waals surface area contributed by atoms with E-state index in [1.165, 1.54) is 11.3 Å². The molecule has 0 fully saturated rings. The number of amides is 1.